The first kappa shape index (κ1) is 24.1. The Bertz CT molecular complexity index is 1130. The number of carbonyl (C=O) groups excluding carboxylic acids is 2. The van der Waals surface area contributed by atoms with Crippen molar-refractivity contribution in [3.63, 3.8) is 0 Å². The van der Waals surface area contributed by atoms with E-state index in [1.165, 1.54) is 7.11 Å². The van der Waals surface area contributed by atoms with Gasteiger partial charge in [0.2, 0.25) is 0 Å². The number of hydrazine groups is 1. The van der Waals surface area contributed by atoms with Crippen LogP contribution < -0.4 is 19.6 Å². The minimum atomic E-state index is -1.11. The maximum absolute atomic E-state index is 12.9. The molecule has 0 unspecified atom stereocenters. The number of carboxylic acids is 1. The lowest BCUT2D eigenvalue weighted by molar-refractivity contribution is -0.139. The summed E-state index contributed by atoms with van der Waals surface area (Å²) in [7, 11) is 1.45. The van der Waals surface area contributed by atoms with E-state index in [0.717, 1.165) is 16.8 Å². The number of carboxylic acid groups (broad SMARTS) is 1. The van der Waals surface area contributed by atoms with E-state index in [2.05, 4.69) is 5.43 Å². The third-order valence-corrected chi connectivity index (χ3v) is 5.58. The second-order valence-corrected chi connectivity index (χ2v) is 8.16. The Kier molecular flexibility index (Phi) is 7.91. The number of benzene rings is 2. The number of carbonyl (C=O) groups is 3. The average molecular weight is 489 g/mol. The highest BCUT2D eigenvalue weighted by Gasteiger charge is 2.34. The van der Waals surface area contributed by atoms with Crippen molar-refractivity contribution in [2.24, 2.45) is 0 Å². The van der Waals surface area contributed by atoms with Crippen LogP contribution in [0.25, 0.3) is 6.08 Å². The van der Waals surface area contributed by atoms with E-state index in [0.29, 0.717) is 28.6 Å². The molecule has 3 rings (SSSR count). The monoisotopic (exact) mass is 488 g/mol. The number of hydrogen-bond donors (Lipinski definition) is 2. The van der Waals surface area contributed by atoms with E-state index < -0.39 is 24.4 Å². The molecule has 1 saturated heterocycles. The molecular weight excluding hydrogens is 468 g/mol. The first-order valence-corrected chi connectivity index (χ1v) is 10.9. The number of hydrogen-bond acceptors (Lipinski definition) is 8. The fourth-order valence-corrected chi connectivity index (χ4v) is 4.03. The molecule has 0 aliphatic carbocycles. The van der Waals surface area contributed by atoms with Gasteiger partial charge in [-0.05, 0) is 55.0 Å². The first-order valence-electron chi connectivity index (χ1n) is 9.67. The van der Waals surface area contributed by atoms with Crippen molar-refractivity contribution in [3.8, 4) is 17.2 Å². The summed E-state index contributed by atoms with van der Waals surface area (Å²) in [5, 5.41) is 9.82. The van der Waals surface area contributed by atoms with E-state index >= 15 is 0 Å². The van der Waals surface area contributed by atoms with E-state index in [-0.39, 0.29) is 15.6 Å². The molecule has 1 fully saturated rings. The molecule has 2 aromatic rings. The number of rotatable bonds is 9. The van der Waals surface area contributed by atoms with Gasteiger partial charge in [0.05, 0.1) is 24.2 Å². The predicted octanol–water partition coefficient (Wildman–Crippen LogP) is 3.10. The molecule has 0 spiro atoms. The molecular formula is C22H20N2O7S2. The summed E-state index contributed by atoms with van der Waals surface area (Å²) in [6, 6.07) is 11.5. The lowest BCUT2D eigenvalue weighted by Crippen LogP contribution is -2.44. The highest BCUT2D eigenvalue weighted by molar-refractivity contribution is 8.26. The van der Waals surface area contributed by atoms with Crippen LogP contribution in [0.15, 0.2) is 47.4 Å². The normalized spacial score (nSPS) is 14.4. The van der Waals surface area contributed by atoms with Crippen LogP contribution >= 0.6 is 24.0 Å². The minimum Gasteiger partial charge on any atom is -0.496 e. The fraction of sp³-hybridized carbons (Fsp3) is 0.182. The van der Waals surface area contributed by atoms with Crippen LogP contribution in [0.5, 0.6) is 17.2 Å². The van der Waals surface area contributed by atoms with Crippen molar-refractivity contribution < 1.29 is 33.7 Å². The average Bonchev–Trinajstić information content (AvgIpc) is 3.05. The zero-order valence-corrected chi connectivity index (χ0v) is 19.3. The molecule has 0 atom stereocenters. The molecule has 1 aliphatic heterocycles. The third-order valence-electron chi connectivity index (χ3n) is 4.28. The van der Waals surface area contributed by atoms with Gasteiger partial charge in [0.1, 0.15) is 5.75 Å². The summed E-state index contributed by atoms with van der Waals surface area (Å²) in [6.45, 7) is 1.61. The van der Waals surface area contributed by atoms with Gasteiger partial charge in [-0.15, -0.1) is 0 Å². The second-order valence-electron chi connectivity index (χ2n) is 6.48. The Labute approximate surface area is 199 Å². The summed E-state index contributed by atoms with van der Waals surface area (Å²) in [5.74, 6) is -1.16. The Balaban J connectivity index is 1.79. The first-order chi connectivity index (χ1) is 15.8. The Morgan fingerprint density at radius 3 is 2.61 bits per heavy atom. The highest BCUT2D eigenvalue weighted by atomic mass is 32.2. The molecule has 0 bridgehead atoms. The number of methoxy groups -OCH3 is 1. The maximum Gasteiger partial charge on any atom is 0.341 e. The zero-order chi connectivity index (χ0) is 24.0. The van der Waals surface area contributed by atoms with E-state index in [4.69, 9.17) is 31.5 Å². The van der Waals surface area contributed by atoms with Crippen LogP contribution in [0, 0.1) is 0 Å². The second kappa shape index (κ2) is 10.8. The molecule has 2 aromatic carbocycles. The molecule has 1 heterocycles. The van der Waals surface area contributed by atoms with E-state index in [1.807, 2.05) is 0 Å². The molecule has 9 nitrogen and oxygen atoms in total. The molecule has 0 saturated carbocycles. The van der Waals surface area contributed by atoms with Gasteiger partial charge >= 0.3 is 5.97 Å². The summed E-state index contributed by atoms with van der Waals surface area (Å²) >= 11 is 6.30. The van der Waals surface area contributed by atoms with Crippen molar-refractivity contribution in [2.45, 2.75) is 6.92 Å². The van der Waals surface area contributed by atoms with Crippen LogP contribution in [0.4, 0.5) is 0 Å². The lowest BCUT2D eigenvalue weighted by atomic mass is 10.2. The number of nitrogens with one attached hydrogen (secondary N) is 1. The topological polar surface area (TPSA) is 114 Å². The number of ether oxygens (including phenoxy) is 3. The van der Waals surface area contributed by atoms with Gasteiger partial charge in [-0.1, -0.05) is 30.0 Å². The summed E-state index contributed by atoms with van der Waals surface area (Å²) < 4.78 is 16.1. The quantitative estimate of drug-likeness (QED) is 0.406. The summed E-state index contributed by atoms with van der Waals surface area (Å²) in [4.78, 5) is 36.6. The smallest absolute Gasteiger partial charge is 0.341 e. The van der Waals surface area contributed by atoms with Gasteiger partial charge in [0, 0.05) is 0 Å². The van der Waals surface area contributed by atoms with Crippen LogP contribution in [-0.4, -0.2) is 52.5 Å². The van der Waals surface area contributed by atoms with Crippen LogP contribution in [0.2, 0.25) is 0 Å². The molecule has 2 amide bonds. The van der Waals surface area contributed by atoms with Crippen molar-refractivity contribution in [2.75, 3.05) is 20.3 Å². The van der Waals surface area contributed by atoms with Crippen molar-refractivity contribution in [1.82, 2.24) is 10.4 Å². The summed E-state index contributed by atoms with van der Waals surface area (Å²) in [5.41, 5.74) is 3.38. The number of thioether (sulfide) groups is 1. The number of thiocarbonyl (C=S) groups is 1. The van der Waals surface area contributed by atoms with Crippen molar-refractivity contribution in [3.05, 3.63) is 58.5 Å². The molecule has 2 N–H and O–H groups in total. The lowest BCUT2D eigenvalue weighted by Gasteiger charge is -2.16. The highest BCUT2D eigenvalue weighted by Crippen LogP contribution is 2.34. The van der Waals surface area contributed by atoms with Gasteiger partial charge in [-0.3, -0.25) is 15.0 Å². The Hall–Kier alpha value is -3.57. The van der Waals surface area contributed by atoms with Gasteiger partial charge in [-0.2, -0.15) is 5.01 Å². The minimum absolute atomic E-state index is 0.168. The predicted molar refractivity (Wildman–Crippen MR) is 126 cm³/mol. The molecule has 0 aromatic heterocycles. The van der Waals surface area contributed by atoms with Crippen LogP contribution in [0.1, 0.15) is 22.8 Å². The van der Waals surface area contributed by atoms with Gasteiger partial charge in [-0.25, -0.2) is 4.79 Å². The molecule has 33 heavy (non-hydrogen) atoms. The zero-order valence-electron chi connectivity index (χ0n) is 17.7. The van der Waals surface area contributed by atoms with E-state index in [1.54, 1.807) is 55.5 Å². The maximum atomic E-state index is 12.9. The number of aliphatic carboxylic acids is 1. The van der Waals surface area contributed by atoms with Crippen LogP contribution in [0.3, 0.4) is 0 Å². The molecule has 172 valence electrons. The van der Waals surface area contributed by atoms with E-state index in [9.17, 15) is 14.4 Å². The van der Waals surface area contributed by atoms with Crippen molar-refractivity contribution >= 4 is 52.2 Å². The Morgan fingerprint density at radius 1 is 1.15 bits per heavy atom. The molecule has 1 aliphatic rings. The third kappa shape index (κ3) is 5.82. The number of nitrogens with zero attached hydrogens (tertiary/aromatic N) is 1. The molecule has 11 heteroatoms. The fourth-order valence-electron chi connectivity index (χ4n) is 2.85. The number of para-hydroxylation sites is 1. The standard InChI is InChI=1S/C22H20N2O7S2/c1-3-30-17-10-13(8-9-16(17)31-12-19(25)26)11-18-21(28)24(22(32)33-18)23-20(27)14-6-4-5-7-15(14)29-2/h4-11H,3,12H2,1-2H3,(H,23,27)(H,25,26)/b18-11+. The van der Waals surface area contributed by atoms with Gasteiger partial charge in [0.15, 0.2) is 22.4 Å². The van der Waals surface area contributed by atoms with Gasteiger partial charge in [0.25, 0.3) is 11.8 Å². The Morgan fingerprint density at radius 2 is 1.91 bits per heavy atom. The van der Waals surface area contributed by atoms with Crippen LogP contribution in [-0.2, 0) is 9.59 Å². The summed E-state index contributed by atoms with van der Waals surface area (Å²) in [6.07, 6.45) is 1.60. The molecule has 0 radical (unpaired) electrons. The largest absolute Gasteiger partial charge is 0.496 e. The SMILES string of the molecule is CCOc1cc(/C=C2/SC(=S)N(NC(=O)c3ccccc3OC)C2=O)ccc1OCC(=O)O. The van der Waals surface area contributed by atoms with Crippen molar-refractivity contribution in [1.29, 1.82) is 0 Å². The van der Waals surface area contributed by atoms with Gasteiger partial charge < -0.3 is 19.3 Å². The number of amides is 2.